The minimum absolute atomic E-state index is 0.0492. The second kappa shape index (κ2) is 6.73. The summed E-state index contributed by atoms with van der Waals surface area (Å²) < 4.78 is 12.9. The Balaban J connectivity index is 2.79. The minimum atomic E-state index is -1.85. The van der Waals surface area contributed by atoms with E-state index in [4.69, 9.17) is 8.85 Å². The van der Waals surface area contributed by atoms with E-state index in [9.17, 15) is 4.79 Å². The average molecular weight is 359 g/mol. The lowest BCUT2D eigenvalue weighted by Crippen LogP contribution is -2.47. The van der Waals surface area contributed by atoms with Crippen LogP contribution >= 0.6 is 0 Å². The Morgan fingerprint density at radius 2 is 1.43 bits per heavy atom. The summed E-state index contributed by atoms with van der Waals surface area (Å²) in [5.41, 5.74) is 0. The topological polar surface area (TPSA) is 35.5 Å². The highest BCUT2D eigenvalue weighted by molar-refractivity contribution is 6.74. The summed E-state index contributed by atoms with van der Waals surface area (Å²) in [6, 6.07) is 0. The number of hydrogen-bond donors (Lipinski definition) is 0. The van der Waals surface area contributed by atoms with E-state index < -0.39 is 16.6 Å². The molecule has 0 N–H and O–H groups in total. The van der Waals surface area contributed by atoms with Crippen LogP contribution in [0.1, 0.15) is 54.4 Å². The molecule has 23 heavy (non-hydrogen) atoms. The highest BCUT2D eigenvalue weighted by Gasteiger charge is 2.45. The molecule has 0 aromatic carbocycles. The molecule has 1 fully saturated rings. The van der Waals surface area contributed by atoms with Gasteiger partial charge in [0.2, 0.25) is 0 Å². The second-order valence-corrected chi connectivity index (χ2v) is 19.7. The standard InChI is InChI=1S/C18H38O3Si2/c1-17(2,3)22(7,8)20-13-14-15(19)11-12-16(14)21-23(9,10)18(4,5)6/h14,16H,11-13H2,1-10H3/t14-,16-/m0/s1. The fourth-order valence-electron chi connectivity index (χ4n) is 2.29. The molecule has 0 radical (unpaired) electrons. The number of rotatable bonds is 5. The van der Waals surface area contributed by atoms with Gasteiger partial charge in [0.25, 0.3) is 0 Å². The number of ketones is 1. The van der Waals surface area contributed by atoms with E-state index in [1.807, 2.05) is 0 Å². The molecule has 2 atom stereocenters. The molecule has 1 aliphatic rings. The molecule has 0 amide bonds. The van der Waals surface area contributed by atoms with E-state index in [1.165, 1.54) is 0 Å². The smallest absolute Gasteiger partial charge is 0.192 e. The Labute approximate surface area is 145 Å². The maximum atomic E-state index is 12.4. The summed E-state index contributed by atoms with van der Waals surface area (Å²) in [7, 11) is -3.67. The molecule has 0 aromatic heterocycles. The Morgan fingerprint density at radius 3 is 1.87 bits per heavy atom. The number of Topliss-reactive ketones (excluding diaryl/α,β-unsaturated/α-hetero) is 1. The van der Waals surface area contributed by atoms with Crippen molar-refractivity contribution in [3.8, 4) is 0 Å². The molecule has 0 bridgehead atoms. The fourth-order valence-corrected chi connectivity index (χ4v) is 4.71. The molecule has 0 saturated heterocycles. The predicted octanol–water partition coefficient (Wildman–Crippen LogP) is 5.38. The number of hydrogen-bond acceptors (Lipinski definition) is 3. The van der Waals surface area contributed by atoms with Gasteiger partial charge in [-0.3, -0.25) is 4.79 Å². The molecule has 0 heterocycles. The van der Waals surface area contributed by atoms with Crippen LogP contribution in [0.25, 0.3) is 0 Å². The maximum Gasteiger partial charge on any atom is 0.192 e. The van der Waals surface area contributed by atoms with Crippen molar-refractivity contribution in [2.75, 3.05) is 6.61 Å². The quantitative estimate of drug-likeness (QED) is 0.619. The van der Waals surface area contributed by atoms with Gasteiger partial charge in [-0.25, -0.2) is 0 Å². The molecule has 136 valence electrons. The molecule has 5 heteroatoms. The summed E-state index contributed by atoms with van der Waals surface area (Å²) in [6.07, 6.45) is 1.55. The van der Waals surface area contributed by atoms with Crippen LogP contribution in [0.4, 0.5) is 0 Å². The molecule has 0 aliphatic heterocycles. The van der Waals surface area contributed by atoms with E-state index in [1.54, 1.807) is 0 Å². The Bertz CT molecular complexity index is 431. The van der Waals surface area contributed by atoms with Crippen molar-refractivity contribution >= 4 is 22.4 Å². The van der Waals surface area contributed by atoms with Gasteiger partial charge in [-0.2, -0.15) is 0 Å². The molecule has 0 spiro atoms. The zero-order chi connectivity index (χ0) is 18.3. The van der Waals surface area contributed by atoms with Crippen LogP contribution < -0.4 is 0 Å². The minimum Gasteiger partial charge on any atom is -0.416 e. The third-order valence-corrected chi connectivity index (χ3v) is 15.2. The zero-order valence-corrected chi connectivity index (χ0v) is 19.0. The second-order valence-electron chi connectivity index (χ2n) is 10.1. The first-order chi connectivity index (χ1) is 10.1. The highest BCUT2D eigenvalue weighted by Crippen LogP contribution is 2.41. The van der Waals surface area contributed by atoms with Gasteiger partial charge in [0.05, 0.1) is 12.0 Å². The van der Waals surface area contributed by atoms with Crippen molar-refractivity contribution in [2.45, 2.75) is 96.8 Å². The first kappa shape index (κ1) is 21.1. The Kier molecular flexibility index (Phi) is 6.17. The third-order valence-electron chi connectivity index (χ3n) is 6.22. The van der Waals surface area contributed by atoms with Gasteiger partial charge in [-0.05, 0) is 42.7 Å². The predicted molar refractivity (Wildman–Crippen MR) is 103 cm³/mol. The number of carbonyl (C=O) groups is 1. The van der Waals surface area contributed by atoms with E-state index >= 15 is 0 Å². The third kappa shape index (κ3) is 5.00. The van der Waals surface area contributed by atoms with Crippen molar-refractivity contribution in [1.29, 1.82) is 0 Å². The summed E-state index contributed by atoms with van der Waals surface area (Å²) in [6.45, 7) is 23.0. The van der Waals surface area contributed by atoms with Crippen molar-refractivity contribution < 1.29 is 13.6 Å². The van der Waals surface area contributed by atoms with Crippen molar-refractivity contribution in [1.82, 2.24) is 0 Å². The van der Waals surface area contributed by atoms with Crippen molar-refractivity contribution in [3.05, 3.63) is 0 Å². The monoisotopic (exact) mass is 358 g/mol. The Morgan fingerprint density at radius 1 is 0.957 bits per heavy atom. The average Bonchev–Trinajstić information content (AvgIpc) is 2.64. The van der Waals surface area contributed by atoms with Crippen LogP contribution in [0.3, 0.4) is 0 Å². The molecule has 0 aromatic rings. The number of carbonyl (C=O) groups excluding carboxylic acids is 1. The molecule has 0 unspecified atom stereocenters. The van der Waals surface area contributed by atoms with E-state index in [2.05, 4.69) is 67.7 Å². The lowest BCUT2D eigenvalue weighted by Gasteiger charge is -2.41. The lowest BCUT2D eigenvalue weighted by atomic mass is 10.1. The van der Waals surface area contributed by atoms with Gasteiger partial charge in [0, 0.05) is 13.0 Å². The van der Waals surface area contributed by atoms with Crippen LogP contribution in [-0.2, 0) is 13.6 Å². The normalized spacial score (nSPS) is 24.3. The van der Waals surface area contributed by atoms with Gasteiger partial charge >= 0.3 is 0 Å². The summed E-state index contributed by atoms with van der Waals surface area (Å²) in [5.74, 6) is 0.255. The molecule has 1 aliphatic carbocycles. The molecule has 1 saturated carbocycles. The van der Waals surface area contributed by atoms with Crippen molar-refractivity contribution in [3.63, 3.8) is 0 Å². The summed E-state index contributed by atoms with van der Waals surface area (Å²) in [4.78, 5) is 12.4. The highest BCUT2D eigenvalue weighted by atomic mass is 28.4. The van der Waals surface area contributed by atoms with Crippen LogP contribution in [0, 0.1) is 5.92 Å². The largest absolute Gasteiger partial charge is 0.416 e. The maximum absolute atomic E-state index is 12.4. The first-order valence-corrected chi connectivity index (χ1v) is 14.7. The van der Waals surface area contributed by atoms with Crippen LogP contribution in [0.15, 0.2) is 0 Å². The first-order valence-electron chi connectivity index (χ1n) is 8.93. The van der Waals surface area contributed by atoms with Crippen LogP contribution in [0.5, 0.6) is 0 Å². The molecule has 1 rings (SSSR count). The van der Waals surface area contributed by atoms with Crippen molar-refractivity contribution in [2.24, 2.45) is 5.92 Å². The van der Waals surface area contributed by atoms with E-state index in [0.717, 1.165) is 6.42 Å². The van der Waals surface area contributed by atoms with Gasteiger partial charge in [-0.15, -0.1) is 0 Å². The SMILES string of the molecule is CC(C)(C)[Si](C)(C)OC[C@H]1C(=O)CC[C@@H]1O[Si](C)(C)C(C)(C)C. The van der Waals surface area contributed by atoms with Crippen LogP contribution in [-0.4, -0.2) is 35.1 Å². The lowest BCUT2D eigenvalue weighted by molar-refractivity contribution is -0.122. The van der Waals surface area contributed by atoms with E-state index in [-0.39, 0.29) is 22.1 Å². The van der Waals surface area contributed by atoms with Gasteiger partial charge in [0.15, 0.2) is 16.6 Å². The molecular formula is C18H38O3Si2. The van der Waals surface area contributed by atoms with Gasteiger partial charge in [-0.1, -0.05) is 41.5 Å². The zero-order valence-electron chi connectivity index (χ0n) is 17.0. The fraction of sp³-hybridized carbons (Fsp3) is 0.944. The van der Waals surface area contributed by atoms with E-state index in [0.29, 0.717) is 18.8 Å². The molecule has 3 nitrogen and oxygen atoms in total. The molecular weight excluding hydrogens is 320 g/mol. The van der Waals surface area contributed by atoms with Gasteiger partial charge in [0.1, 0.15) is 5.78 Å². The van der Waals surface area contributed by atoms with Gasteiger partial charge < -0.3 is 8.85 Å². The van der Waals surface area contributed by atoms with Crippen LogP contribution in [0.2, 0.25) is 36.3 Å². The summed E-state index contributed by atoms with van der Waals surface area (Å²) in [5, 5.41) is 0.341. The summed E-state index contributed by atoms with van der Waals surface area (Å²) >= 11 is 0. The Hall–Kier alpha value is 0.0238.